The van der Waals surface area contributed by atoms with Crippen LogP contribution in [0.5, 0.6) is 0 Å². The molecule has 0 aromatic carbocycles. The molecule has 5 heterocycles. The zero-order valence-electron chi connectivity index (χ0n) is 21.6. The predicted molar refractivity (Wildman–Crippen MR) is 140 cm³/mol. The van der Waals surface area contributed by atoms with Crippen LogP contribution in [-0.4, -0.2) is 61.7 Å². The SMILES string of the molecule is Cc1c(N2CCC(N(C)C(C)C)CC2)ncc2[nH]c(-c3cc(C)c4ncnn4c3)c(C(C)C)c12. The number of aryl methyl sites for hydroxylation is 2. The summed E-state index contributed by atoms with van der Waals surface area (Å²) in [7, 11) is 2.26. The Morgan fingerprint density at radius 3 is 2.50 bits per heavy atom. The van der Waals surface area contributed by atoms with Crippen molar-refractivity contribution in [3.63, 3.8) is 0 Å². The molecule has 0 amide bonds. The molecular formula is C27H37N7. The van der Waals surface area contributed by atoms with Gasteiger partial charge in [0.05, 0.1) is 17.4 Å². The maximum absolute atomic E-state index is 4.96. The lowest BCUT2D eigenvalue weighted by Crippen LogP contribution is -2.46. The molecule has 1 aliphatic rings. The third-order valence-corrected chi connectivity index (χ3v) is 7.67. The molecule has 0 radical (unpaired) electrons. The van der Waals surface area contributed by atoms with Crippen LogP contribution in [0.4, 0.5) is 5.82 Å². The molecule has 4 aromatic heterocycles. The fraction of sp³-hybridized carbons (Fsp3) is 0.519. The number of hydrogen-bond acceptors (Lipinski definition) is 5. The maximum Gasteiger partial charge on any atom is 0.158 e. The normalized spacial score (nSPS) is 15.6. The molecule has 1 fully saturated rings. The Balaban J connectivity index is 1.55. The van der Waals surface area contributed by atoms with Crippen molar-refractivity contribution >= 4 is 22.4 Å². The number of pyridine rings is 2. The number of aromatic nitrogens is 5. The van der Waals surface area contributed by atoms with Gasteiger partial charge in [0.15, 0.2) is 5.65 Å². The van der Waals surface area contributed by atoms with Gasteiger partial charge in [-0.1, -0.05) is 13.8 Å². The van der Waals surface area contributed by atoms with E-state index in [-0.39, 0.29) is 0 Å². The van der Waals surface area contributed by atoms with Crippen molar-refractivity contribution in [3.8, 4) is 11.3 Å². The minimum Gasteiger partial charge on any atom is -0.356 e. The van der Waals surface area contributed by atoms with E-state index in [9.17, 15) is 0 Å². The fourth-order valence-electron chi connectivity index (χ4n) is 5.63. The first kappa shape index (κ1) is 22.8. The summed E-state index contributed by atoms with van der Waals surface area (Å²) in [6.45, 7) is 15.6. The second-order valence-electron chi connectivity index (χ2n) is 10.5. The third kappa shape index (κ3) is 3.76. The summed E-state index contributed by atoms with van der Waals surface area (Å²) in [5.74, 6) is 1.50. The molecule has 34 heavy (non-hydrogen) atoms. The molecule has 5 rings (SSSR count). The van der Waals surface area contributed by atoms with Gasteiger partial charge in [-0.3, -0.25) is 0 Å². The highest BCUT2D eigenvalue weighted by molar-refractivity contribution is 5.95. The lowest BCUT2D eigenvalue weighted by atomic mass is 9.94. The van der Waals surface area contributed by atoms with Crippen molar-refractivity contribution in [3.05, 3.63) is 41.5 Å². The molecule has 0 atom stereocenters. The zero-order valence-corrected chi connectivity index (χ0v) is 21.6. The van der Waals surface area contributed by atoms with Crippen LogP contribution in [-0.2, 0) is 0 Å². The Morgan fingerprint density at radius 1 is 1.09 bits per heavy atom. The van der Waals surface area contributed by atoms with E-state index in [0.717, 1.165) is 46.9 Å². The summed E-state index contributed by atoms with van der Waals surface area (Å²) in [6.07, 6.45) is 8.08. The predicted octanol–water partition coefficient (Wildman–Crippen LogP) is 5.32. The summed E-state index contributed by atoms with van der Waals surface area (Å²) in [6, 6.07) is 3.45. The molecule has 1 saturated heterocycles. The van der Waals surface area contributed by atoms with Crippen LogP contribution in [0.25, 0.3) is 27.8 Å². The van der Waals surface area contributed by atoms with E-state index in [1.165, 1.54) is 29.4 Å². The van der Waals surface area contributed by atoms with Gasteiger partial charge in [-0.05, 0) is 70.7 Å². The number of nitrogens with zero attached hydrogens (tertiary/aromatic N) is 6. The van der Waals surface area contributed by atoms with Crippen molar-refractivity contribution in [1.29, 1.82) is 0 Å². The fourth-order valence-corrected chi connectivity index (χ4v) is 5.63. The Hall–Kier alpha value is -2.93. The van der Waals surface area contributed by atoms with Gasteiger partial charge in [0.25, 0.3) is 0 Å². The first-order valence-corrected chi connectivity index (χ1v) is 12.5. The Bertz CT molecular complexity index is 1320. The van der Waals surface area contributed by atoms with E-state index in [2.05, 4.69) is 85.7 Å². The van der Waals surface area contributed by atoms with Gasteiger partial charge < -0.3 is 14.8 Å². The van der Waals surface area contributed by atoms with E-state index in [1.54, 1.807) is 6.33 Å². The summed E-state index contributed by atoms with van der Waals surface area (Å²) in [4.78, 5) is 18.0. The molecule has 7 nitrogen and oxygen atoms in total. The largest absolute Gasteiger partial charge is 0.356 e. The van der Waals surface area contributed by atoms with Crippen molar-refractivity contribution in [2.24, 2.45) is 0 Å². The van der Waals surface area contributed by atoms with Gasteiger partial charge in [0, 0.05) is 47.9 Å². The Labute approximate surface area is 202 Å². The maximum atomic E-state index is 4.96. The van der Waals surface area contributed by atoms with Crippen LogP contribution in [0.2, 0.25) is 0 Å². The van der Waals surface area contributed by atoms with Crippen molar-refractivity contribution < 1.29 is 0 Å². The van der Waals surface area contributed by atoms with Crippen LogP contribution < -0.4 is 4.90 Å². The molecule has 7 heteroatoms. The van der Waals surface area contributed by atoms with Gasteiger partial charge in [0.1, 0.15) is 12.1 Å². The lowest BCUT2D eigenvalue weighted by molar-refractivity contribution is 0.168. The minimum absolute atomic E-state index is 0.370. The highest BCUT2D eigenvalue weighted by atomic mass is 15.3. The molecule has 0 unspecified atom stereocenters. The standard InChI is InChI=1S/C27H37N7/c1-16(2)23-24-19(6)27(33-10-8-21(9-11-33)32(7)17(3)4)28-13-22(24)31-25(23)20-12-18(5)26-29-15-30-34(26)14-20/h12-17,21,31H,8-11H2,1-7H3. The van der Waals surface area contributed by atoms with Crippen LogP contribution in [0.15, 0.2) is 24.8 Å². The third-order valence-electron chi connectivity index (χ3n) is 7.67. The van der Waals surface area contributed by atoms with Crippen molar-refractivity contribution in [2.75, 3.05) is 25.0 Å². The Kier molecular flexibility index (Phi) is 5.84. The minimum atomic E-state index is 0.370. The molecule has 4 aromatic rings. The average Bonchev–Trinajstić information content (AvgIpc) is 3.44. The smallest absolute Gasteiger partial charge is 0.158 e. The van der Waals surface area contributed by atoms with Crippen LogP contribution in [0.1, 0.15) is 63.1 Å². The lowest BCUT2D eigenvalue weighted by Gasteiger charge is -2.39. The second kappa shape index (κ2) is 8.69. The monoisotopic (exact) mass is 459 g/mol. The average molecular weight is 460 g/mol. The first-order chi connectivity index (χ1) is 16.3. The van der Waals surface area contributed by atoms with E-state index in [1.807, 2.05) is 10.7 Å². The number of piperidine rings is 1. The van der Waals surface area contributed by atoms with Gasteiger partial charge in [0.2, 0.25) is 0 Å². The van der Waals surface area contributed by atoms with Gasteiger partial charge in [-0.2, -0.15) is 5.10 Å². The van der Waals surface area contributed by atoms with Crippen LogP contribution in [0, 0.1) is 13.8 Å². The van der Waals surface area contributed by atoms with Crippen LogP contribution >= 0.6 is 0 Å². The second-order valence-corrected chi connectivity index (χ2v) is 10.5. The topological polar surface area (TPSA) is 65.3 Å². The molecule has 180 valence electrons. The quantitative estimate of drug-likeness (QED) is 0.437. The summed E-state index contributed by atoms with van der Waals surface area (Å²) >= 11 is 0. The van der Waals surface area contributed by atoms with Crippen LogP contribution in [0.3, 0.4) is 0 Å². The first-order valence-electron chi connectivity index (χ1n) is 12.5. The van der Waals surface area contributed by atoms with Gasteiger partial charge >= 0.3 is 0 Å². The number of hydrogen-bond donors (Lipinski definition) is 1. The molecule has 0 aliphatic carbocycles. The summed E-state index contributed by atoms with van der Waals surface area (Å²) in [5.41, 5.74) is 8.04. The summed E-state index contributed by atoms with van der Waals surface area (Å²) in [5, 5.41) is 5.70. The molecule has 0 saturated carbocycles. The number of anilines is 1. The van der Waals surface area contributed by atoms with E-state index in [0.29, 0.717) is 18.0 Å². The van der Waals surface area contributed by atoms with Gasteiger partial charge in [-0.25, -0.2) is 14.5 Å². The molecule has 0 bridgehead atoms. The highest BCUT2D eigenvalue weighted by Gasteiger charge is 2.27. The number of nitrogens with one attached hydrogen (secondary N) is 1. The molecule has 1 N–H and O–H groups in total. The highest BCUT2D eigenvalue weighted by Crippen LogP contribution is 2.39. The molecule has 1 aliphatic heterocycles. The van der Waals surface area contributed by atoms with E-state index in [4.69, 9.17) is 4.98 Å². The van der Waals surface area contributed by atoms with Gasteiger partial charge in [-0.15, -0.1) is 0 Å². The molecule has 0 spiro atoms. The molecular weight excluding hydrogens is 422 g/mol. The van der Waals surface area contributed by atoms with Crippen molar-refractivity contribution in [2.45, 2.75) is 72.4 Å². The number of aromatic amines is 1. The number of H-pyrrole nitrogens is 1. The number of rotatable bonds is 5. The van der Waals surface area contributed by atoms with E-state index < -0.39 is 0 Å². The van der Waals surface area contributed by atoms with E-state index >= 15 is 0 Å². The number of fused-ring (bicyclic) bond motifs is 2. The zero-order chi connectivity index (χ0) is 24.1. The Morgan fingerprint density at radius 2 is 1.82 bits per heavy atom. The van der Waals surface area contributed by atoms with Crippen molar-refractivity contribution in [1.82, 2.24) is 29.5 Å². The summed E-state index contributed by atoms with van der Waals surface area (Å²) < 4.78 is 1.87.